The van der Waals surface area contributed by atoms with Crippen LogP contribution < -0.4 is 10.1 Å². The van der Waals surface area contributed by atoms with Crippen LogP contribution in [0.25, 0.3) is 0 Å². The third kappa shape index (κ3) is 3.98. The second-order valence-corrected chi connectivity index (χ2v) is 5.68. The minimum Gasteiger partial charge on any atom is -0.495 e. The van der Waals surface area contributed by atoms with Gasteiger partial charge in [0.25, 0.3) is 0 Å². The first-order chi connectivity index (χ1) is 10.7. The molecule has 1 N–H and O–H groups in total. The molecule has 4 heteroatoms. The van der Waals surface area contributed by atoms with Crippen LogP contribution in [0.5, 0.6) is 5.75 Å². The Bertz CT molecular complexity index is 655. The van der Waals surface area contributed by atoms with E-state index in [2.05, 4.69) is 27.8 Å². The average molecular weight is 360 g/mol. The first-order valence-corrected chi connectivity index (χ1v) is 7.75. The SMILES string of the molecule is C=CC[C@@H](C(=O)Nc1ccc(Br)c(OC)c1)c1ccccc1. The smallest absolute Gasteiger partial charge is 0.232 e. The second-order valence-electron chi connectivity index (χ2n) is 4.83. The van der Waals surface area contributed by atoms with Gasteiger partial charge in [0, 0.05) is 11.8 Å². The monoisotopic (exact) mass is 359 g/mol. The van der Waals surface area contributed by atoms with Gasteiger partial charge >= 0.3 is 0 Å². The number of hydrogen-bond donors (Lipinski definition) is 1. The summed E-state index contributed by atoms with van der Waals surface area (Å²) in [6.07, 6.45) is 2.35. The number of hydrogen-bond acceptors (Lipinski definition) is 2. The number of methoxy groups -OCH3 is 1. The molecule has 22 heavy (non-hydrogen) atoms. The zero-order chi connectivity index (χ0) is 15.9. The summed E-state index contributed by atoms with van der Waals surface area (Å²) < 4.78 is 6.09. The number of rotatable bonds is 6. The van der Waals surface area contributed by atoms with Crippen molar-refractivity contribution in [1.29, 1.82) is 0 Å². The van der Waals surface area contributed by atoms with Gasteiger partial charge in [0.05, 0.1) is 17.5 Å². The van der Waals surface area contributed by atoms with E-state index in [4.69, 9.17) is 4.74 Å². The van der Waals surface area contributed by atoms with Crippen molar-refractivity contribution >= 4 is 27.5 Å². The lowest BCUT2D eigenvalue weighted by molar-refractivity contribution is -0.117. The molecular formula is C18H18BrNO2. The van der Waals surface area contributed by atoms with Crippen LogP contribution >= 0.6 is 15.9 Å². The number of carbonyl (C=O) groups excluding carboxylic acids is 1. The summed E-state index contributed by atoms with van der Waals surface area (Å²) in [5, 5.41) is 2.94. The minimum absolute atomic E-state index is 0.0597. The van der Waals surface area contributed by atoms with E-state index in [-0.39, 0.29) is 11.8 Å². The number of allylic oxidation sites excluding steroid dienone is 1. The molecule has 2 aromatic rings. The summed E-state index contributed by atoms with van der Waals surface area (Å²) in [4.78, 5) is 12.6. The molecule has 0 radical (unpaired) electrons. The third-order valence-corrected chi connectivity index (χ3v) is 3.99. The molecule has 0 fully saturated rings. The zero-order valence-corrected chi connectivity index (χ0v) is 14.0. The summed E-state index contributed by atoms with van der Waals surface area (Å²) in [6, 6.07) is 15.2. The topological polar surface area (TPSA) is 38.3 Å². The first kappa shape index (κ1) is 16.3. The average Bonchev–Trinajstić information content (AvgIpc) is 2.55. The second kappa shape index (κ2) is 7.80. The number of benzene rings is 2. The minimum atomic E-state index is -0.256. The van der Waals surface area contributed by atoms with E-state index >= 15 is 0 Å². The van der Waals surface area contributed by atoms with Crippen molar-refractivity contribution < 1.29 is 9.53 Å². The molecule has 3 nitrogen and oxygen atoms in total. The maximum Gasteiger partial charge on any atom is 0.232 e. The highest BCUT2D eigenvalue weighted by Gasteiger charge is 2.19. The molecule has 2 aromatic carbocycles. The van der Waals surface area contributed by atoms with Crippen molar-refractivity contribution in [3.8, 4) is 5.75 Å². The zero-order valence-electron chi connectivity index (χ0n) is 12.4. The number of anilines is 1. The molecule has 114 valence electrons. The normalized spacial score (nSPS) is 11.5. The number of amides is 1. The van der Waals surface area contributed by atoms with Gasteiger partial charge in [-0.1, -0.05) is 36.4 Å². The Hall–Kier alpha value is -2.07. The van der Waals surface area contributed by atoms with E-state index in [9.17, 15) is 4.79 Å². The molecule has 0 saturated carbocycles. The number of ether oxygens (including phenoxy) is 1. The van der Waals surface area contributed by atoms with E-state index in [1.54, 1.807) is 19.3 Å². The van der Waals surface area contributed by atoms with Crippen molar-refractivity contribution in [2.24, 2.45) is 0 Å². The first-order valence-electron chi connectivity index (χ1n) is 6.96. The van der Waals surface area contributed by atoms with Gasteiger partial charge in [0.15, 0.2) is 0 Å². The highest BCUT2D eigenvalue weighted by molar-refractivity contribution is 9.10. The molecule has 0 heterocycles. The molecule has 0 aliphatic heterocycles. The summed E-state index contributed by atoms with van der Waals surface area (Å²) in [5.41, 5.74) is 1.68. The summed E-state index contributed by atoms with van der Waals surface area (Å²) in [7, 11) is 1.59. The molecule has 0 unspecified atom stereocenters. The van der Waals surface area contributed by atoms with E-state index in [0.29, 0.717) is 17.9 Å². The number of carbonyl (C=O) groups is 1. The molecule has 1 atom stereocenters. The predicted molar refractivity (Wildman–Crippen MR) is 93.3 cm³/mol. The van der Waals surface area contributed by atoms with Crippen molar-refractivity contribution in [3.63, 3.8) is 0 Å². The van der Waals surface area contributed by atoms with Gasteiger partial charge < -0.3 is 10.1 Å². The Morgan fingerprint density at radius 1 is 1.32 bits per heavy atom. The molecule has 0 spiro atoms. The van der Waals surface area contributed by atoms with E-state index < -0.39 is 0 Å². The van der Waals surface area contributed by atoms with Crippen molar-refractivity contribution in [3.05, 3.63) is 71.2 Å². The third-order valence-electron chi connectivity index (χ3n) is 3.34. The Labute approximate surface area is 139 Å². The van der Waals surface area contributed by atoms with Crippen molar-refractivity contribution in [2.75, 3.05) is 12.4 Å². The van der Waals surface area contributed by atoms with Crippen molar-refractivity contribution in [1.82, 2.24) is 0 Å². The van der Waals surface area contributed by atoms with E-state index in [1.165, 1.54) is 0 Å². The van der Waals surface area contributed by atoms with Crippen molar-refractivity contribution in [2.45, 2.75) is 12.3 Å². The lowest BCUT2D eigenvalue weighted by Gasteiger charge is -2.16. The summed E-state index contributed by atoms with van der Waals surface area (Å²) >= 11 is 3.40. The number of halogens is 1. The standard InChI is InChI=1S/C18H18BrNO2/c1-3-7-15(13-8-5-4-6-9-13)18(21)20-14-10-11-16(19)17(12-14)22-2/h3-6,8-12,15H,1,7H2,2H3,(H,20,21)/t15-/m1/s1. The Balaban J connectivity index is 2.20. The van der Waals surface area contributed by atoms with Crippen LogP contribution in [-0.2, 0) is 4.79 Å². The molecule has 0 bridgehead atoms. The number of nitrogens with one attached hydrogen (secondary N) is 1. The van der Waals surface area contributed by atoms with Gasteiger partial charge in [-0.25, -0.2) is 0 Å². The lowest BCUT2D eigenvalue weighted by Crippen LogP contribution is -2.20. The fourth-order valence-corrected chi connectivity index (χ4v) is 2.62. The molecule has 1 amide bonds. The van der Waals surface area contributed by atoms with Crippen LogP contribution in [0.15, 0.2) is 65.7 Å². The fourth-order valence-electron chi connectivity index (χ4n) is 2.21. The van der Waals surface area contributed by atoms with Gasteiger partial charge in [0.2, 0.25) is 5.91 Å². The van der Waals surface area contributed by atoms with E-state index in [1.807, 2.05) is 42.5 Å². The van der Waals surface area contributed by atoms with Crippen LogP contribution in [-0.4, -0.2) is 13.0 Å². The molecule has 0 aliphatic carbocycles. The van der Waals surface area contributed by atoms with Gasteiger partial charge in [-0.05, 0) is 40.0 Å². The van der Waals surface area contributed by atoms with Gasteiger partial charge in [-0.15, -0.1) is 6.58 Å². The van der Waals surface area contributed by atoms with Gasteiger partial charge in [0.1, 0.15) is 5.75 Å². The largest absolute Gasteiger partial charge is 0.495 e. The maximum absolute atomic E-state index is 12.6. The molecule has 2 rings (SSSR count). The quantitative estimate of drug-likeness (QED) is 0.755. The Kier molecular flexibility index (Phi) is 5.78. The molecule has 0 aromatic heterocycles. The Morgan fingerprint density at radius 2 is 2.05 bits per heavy atom. The van der Waals surface area contributed by atoms with E-state index in [0.717, 1.165) is 10.0 Å². The molecule has 0 aliphatic rings. The van der Waals surface area contributed by atoms with Gasteiger partial charge in [-0.3, -0.25) is 4.79 Å². The lowest BCUT2D eigenvalue weighted by atomic mass is 9.95. The summed E-state index contributed by atoms with van der Waals surface area (Å²) in [5.74, 6) is 0.363. The molecular weight excluding hydrogens is 342 g/mol. The van der Waals surface area contributed by atoms with Crippen LogP contribution in [0.3, 0.4) is 0 Å². The van der Waals surface area contributed by atoms with Gasteiger partial charge in [-0.2, -0.15) is 0 Å². The fraction of sp³-hybridized carbons (Fsp3) is 0.167. The van der Waals surface area contributed by atoms with Crippen LogP contribution in [0, 0.1) is 0 Å². The van der Waals surface area contributed by atoms with Crippen LogP contribution in [0.1, 0.15) is 17.9 Å². The maximum atomic E-state index is 12.6. The highest BCUT2D eigenvalue weighted by atomic mass is 79.9. The highest BCUT2D eigenvalue weighted by Crippen LogP contribution is 2.29. The van der Waals surface area contributed by atoms with Crippen LogP contribution in [0.2, 0.25) is 0 Å². The predicted octanol–water partition coefficient (Wildman–Crippen LogP) is 4.76. The Morgan fingerprint density at radius 3 is 2.68 bits per heavy atom. The summed E-state index contributed by atoms with van der Waals surface area (Å²) in [6.45, 7) is 3.75. The molecule has 0 saturated heterocycles. The van der Waals surface area contributed by atoms with Crippen LogP contribution in [0.4, 0.5) is 5.69 Å².